The molecular weight excluding hydrogens is 430 g/mol. The zero-order valence-electron chi connectivity index (χ0n) is 17.5. The highest BCUT2D eigenvalue weighted by atomic mass is 35.5. The van der Waals surface area contributed by atoms with E-state index < -0.39 is 17.7 Å². The highest BCUT2D eigenvalue weighted by Crippen LogP contribution is 2.44. The number of carbonyl (C=O) groups is 2. The molecule has 2 heterocycles. The summed E-state index contributed by atoms with van der Waals surface area (Å²) < 4.78 is 5.54. The zero-order valence-corrected chi connectivity index (χ0v) is 18.3. The first-order valence-corrected chi connectivity index (χ1v) is 11.4. The first-order valence-electron chi connectivity index (χ1n) is 11.0. The molecule has 1 unspecified atom stereocenters. The summed E-state index contributed by atoms with van der Waals surface area (Å²) in [5.74, 6) is -0.809. The number of likely N-dealkylation sites (tertiary alicyclic amines) is 1. The summed E-state index contributed by atoms with van der Waals surface area (Å²) in [6.07, 6.45) is 5.43. The molecule has 2 aromatic carbocycles. The third kappa shape index (κ3) is 3.43. The molecule has 5 rings (SSSR count). The minimum Gasteiger partial charge on any atom is -0.507 e. The van der Waals surface area contributed by atoms with Crippen LogP contribution >= 0.6 is 11.6 Å². The second kappa shape index (κ2) is 8.17. The summed E-state index contributed by atoms with van der Waals surface area (Å²) >= 11 is 6.18. The maximum Gasteiger partial charge on any atom is 0.295 e. The van der Waals surface area contributed by atoms with Crippen molar-refractivity contribution < 1.29 is 24.5 Å². The number of aliphatic hydroxyl groups excluding tert-OH is 1. The van der Waals surface area contributed by atoms with Gasteiger partial charge in [-0.1, -0.05) is 36.9 Å². The Morgan fingerprint density at radius 1 is 1.06 bits per heavy atom. The lowest BCUT2D eigenvalue weighted by atomic mass is 9.90. The maximum atomic E-state index is 13.2. The quantitative estimate of drug-likeness (QED) is 0.398. The number of phenolic OH excluding ortho intramolecular Hbond substituents is 1. The summed E-state index contributed by atoms with van der Waals surface area (Å²) in [6, 6.07) is 9.11. The van der Waals surface area contributed by atoms with Crippen LogP contribution in [0.2, 0.25) is 5.02 Å². The Bertz CT molecular complexity index is 1140. The molecule has 1 saturated carbocycles. The van der Waals surface area contributed by atoms with Crippen molar-refractivity contribution in [3.05, 3.63) is 63.7 Å². The molecule has 1 saturated heterocycles. The SMILES string of the molecule is O=C1C(=O)N(C2CCCCC2)C(c2ccc(O)c(Cl)c2)/C1=C(/O)c1ccc2c(c1)CCO2. The van der Waals surface area contributed by atoms with Crippen LogP contribution in [0.5, 0.6) is 11.5 Å². The van der Waals surface area contributed by atoms with Crippen molar-refractivity contribution in [2.24, 2.45) is 0 Å². The summed E-state index contributed by atoms with van der Waals surface area (Å²) in [7, 11) is 0. The van der Waals surface area contributed by atoms with Gasteiger partial charge in [-0.3, -0.25) is 9.59 Å². The molecule has 2 aromatic rings. The van der Waals surface area contributed by atoms with E-state index in [9.17, 15) is 19.8 Å². The largest absolute Gasteiger partial charge is 0.507 e. The number of amides is 1. The predicted octanol–water partition coefficient (Wildman–Crippen LogP) is 4.73. The first kappa shape index (κ1) is 20.9. The molecule has 0 radical (unpaired) electrons. The fourth-order valence-electron chi connectivity index (χ4n) is 5.10. The number of hydrogen-bond donors (Lipinski definition) is 2. The minimum atomic E-state index is -0.763. The van der Waals surface area contributed by atoms with Crippen molar-refractivity contribution >= 4 is 29.1 Å². The van der Waals surface area contributed by atoms with Gasteiger partial charge in [0.15, 0.2) is 0 Å². The monoisotopic (exact) mass is 453 g/mol. The van der Waals surface area contributed by atoms with Crippen LogP contribution in [-0.2, 0) is 16.0 Å². The van der Waals surface area contributed by atoms with Crippen molar-refractivity contribution in [2.75, 3.05) is 6.61 Å². The number of Topliss-reactive ketones (excluding diaryl/α,β-unsaturated/α-hetero) is 1. The van der Waals surface area contributed by atoms with Crippen molar-refractivity contribution in [3.8, 4) is 11.5 Å². The molecule has 2 N–H and O–H groups in total. The van der Waals surface area contributed by atoms with Crippen molar-refractivity contribution in [2.45, 2.75) is 50.6 Å². The standard InChI is InChI=1S/C25H24ClNO5/c26-18-13-15(6-8-19(18)28)22-21(23(29)16-7-9-20-14(12-16)10-11-32-20)24(30)25(31)27(22)17-4-2-1-3-5-17/h6-9,12-13,17,22,28-29H,1-5,10-11H2/b23-21-. The molecule has 7 heteroatoms. The molecule has 2 aliphatic heterocycles. The first-order chi connectivity index (χ1) is 15.5. The Morgan fingerprint density at radius 2 is 1.84 bits per heavy atom. The normalized spacial score (nSPS) is 22.8. The number of ether oxygens (including phenoxy) is 1. The van der Waals surface area contributed by atoms with Gasteiger partial charge in [0.05, 0.1) is 23.2 Å². The van der Waals surface area contributed by atoms with Crippen LogP contribution < -0.4 is 4.74 Å². The van der Waals surface area contributed by atoms with Crippen LogP contribution in [0.25, 0.3) is 5.76 Å². The Balaban J connectivity index is 1.66. The van der Waals surface area contributed by atoms with Gasteiger partial charge < -0.3 is 19.8 Å². The highest BCUT2D eigenvalue weighted by Gasteiger charge is 2.49. The number of ketones is 1. The fraction of sp³-hybridized carbons (Fsp3) is 0.360. The van der Waals surface area contributed by atoms with E-state index in [1.54, 1.807) is 29.2 Å². The highest BCUT2D eigenvalue weighted by molar-refractivity contribution is 6.46. The van der Waals surface area contributed by atoms with E-state index in [0.717, 1.165) is 49.8 Å². The maximum absolute atomic E-state index is 13.2. The third-order valence-corrected chi connectivity index (χ3v) is 7.00. The summed E-state index contributed by atoms with van der Waals surface area (Å²) in [5.41, 5.74) is 2.08. The number of hydrogen-bond acceptors (Lipinski definition) is 5. The van der Waals surface area contributed by atoms with Gasteiger partial charge in [-0.15, -0.1) is 0 Å². The Hall–Kier alpha value is -2.99. The van der Waals surface area contributed by atoms with Gasteiger partial charge in [0, 0.05) is 18.0 Å². The molecule has 6 nitrogen and oxygen atoms in total. The van der Waals surface area contributed by atoms with Crippen LogP contribution in [0.15, 0.2) is 42.0 Å². The van der Waals surface area contributed by atoms with Crippen molar-refractivity contribution in [1.82, 2.24) is 4.90 Å². The number of rotatable bonds is 3. The van der Waals surface area contributed by atoms with E-state index in [1.807, 2.05) is 6.07 Å². The van der Waals surface area contributed by atoms with Gasteiger partial charge in [0.2, 0.25) is 0 Å². The molecule has 0 bridgehead atoms. The van der Waals surface area contributed by atoms with Gasteiger partial charge in [-0.05, 0) is 54.3 Å². The van der Waals surface area contributed by atoms with Crippen LogP contribution in [0.1, 0.15) is 54.8 Å². The molecule has 1 atom stereocenters. The van der Waals surface area contributed by atoms with E-state index in [1.165, 1.54) is 6.07 Å². The summed E-state index contributed by atoms with van der Waals surface area (Å²) in [5, 5.41) is 21.3. The van der Waals surface area contributed by atoms with E-state index >= 15 is 0 Å². The second-order valence-electron chi connectivity index (χ2n) is 8.63. The van der Waals surface area contributed by atoms with E-state index in [2.05, 4.69) is 0 Å². The Morgan fingerprint density at radius 3 is 2.59 bits per heavy atom. The molecule has 0 aromatic heterocycles. The van der Waals surface area contributed by atoms with Gasteiger partial charge in [-0.2, -0.15) is 0 Å². The number of phenols is 1. The number of aliphatic hydroxyl groups is 1. The average Bonchev–Trinajstić information content (AvgIpc) is 3.38. The Labute approximate surface area is 191 Å². The minimum absolute atomic E-state index is 0.0567. The topological polar surface area (TPSA) is 87.1 Å². The average molecular weight is 454 g/mol. The number of aromatic hydroxyl groups is 1. The van der Waals surface area contributed by atoms with Crippen molar-refractivity contribution in [3.63, 3.8) is 0 Å². The lowest BCUT2D eigenvalue weighted by Crippen LogP contribution is -2.40. The molecule has 3 aliphatic rings. The molecule has 1 amide bonds. The number of carbonyl (C=O) groups excluding carboxylic acids is 2. The van der Waals surface area contributed by atoms with Gasteiger partial charge in [-0.25, -0.2) is 0 Å². The number of fused-ring (bicyclic) bond motifs is 1. The lowest BCUT2D eigenvalue weighted by Gasteiger charge is -2.35. The van der Waals surface area contributed by atoms with Crippen LogP contribution in [0, 0.1) is 0 Å². The second-order valence-corrected chi connectivity index (χ2v) is 9.04. The summed E-state index contributed by atoms with van der Waals surface area (Å²) in [4.78, 5) is 28.0. The van der Waals surface area contributed by atoms with Gasteiger partial charge in [0.25, 0.3) is 11.7 Å². The number of halogens is 1. The molecular formula is C25H24ClNO5. The number of benzene rings is 2. The van der Waals surface area contributed by atoms with E-state index in [0.29, 0.717) is 17.7 Å². The lowest BCUT2D eigenvalue weighted by molar-refractivity contribution is -0.141. The molecule has 32 heavy (non-hydrogen) atoms. The smallest absolute Gasteiger partial charge is 0.295 e. The third-order valence-electron chi connectivity index (χ3n) is 6.70. The van der Waals surface area contributed by atoms with Crippen molar-refractivity contribution in [1.29, 1.82) is 0 Å². The van der Waals surface area contributed by atoms with Gasteiger partial charge >= 0.3 is 0 Å². The fourth-order valence-corrected chi connectivity index (χ4v) is 5.28. The van der Waals surface area contributed by atoms with Gasteiger partial charge in [0.1, 0.15) is 17.3 Å². The molecule has 2 fully saturated rings. The molecule has 166 valence electrons. The Kier molecular flexibility index (Phi) is 5.33. The van der Waals surface area contributed by atoms with Crippen LogP contribution in [0.3, 0.4) is 0 Å². The van der Waals surface area contributed by atoms with E-state index in [4.69, 9.17) is 16.3 Å². The van der Waals surface area contributed by atoms with Crippen LogP contribution in [0.4, 0.5) is 0 Å². The zero-order chi connectivity index (χ0) is 22.4. The number of nitrogens with zero attached hydrogens (tertiary/aromatic N) is 1. The predicted molar refractivity (Wildman–Crippen MR) is 120 cm³/mol. The van der Waals surface area contributed by atoms with E-state index in [-0.39, 0.29) is 28.1 Å². The molecule has 1 aliphatic carbocycles. The van der Waals surface area contributed by atoms with Crippen LogP contribution in [-0.4, -0.2) is 39.5 Å². The molecule has 0 spiro atoms. The summed E-state index contributed by atoms with van der Waals surface area (Å²) in [6.45, 7) is 0.581.